The molecule has 0 saturated heterocycles. The lowest BCUT2D eigenvalue weighted by atomic mass is 10.4. The molecule has 0 saturated carbocycles. The van der Waals surface area contributed by atoms with E-state index in [-0.39, 0.29) is 0 Å². The molecule has 1 nitrogen and oxygen atoms in total. The maximum atomic E-state index is 3.85. The highest BCUT2D eigenvalue weighted by molar-refractivity contribution is 5.53. The first kappa shape index (κ1) is 18.6. The summed E-state index contributed by atoms with van der Waals surface area (Å²) in [5.41, 5.74) is 0. The Morgan fingerprint density at radius 1 is 1.07 bits per heavy atom. The zero-order chi connectivity index (χ0) is 11.7. The van der Waals surface area contributed by atoms with Gasteiger partial charge in [-0.05, 0) is 26.5 Å². The van der Waals surface area contributed by atoms with Crippen molar-refractivity contribution < 1.29 is 0 Å². The maximum absolute atomic E-state index is 3.85. The molecule has 1 heteroatoms. The molecule has 0 aliphatic carbocycles. The molecule has 0 spiro atoms. The number of nitrogens with zero attached hydrogens (tertiary/aromatic N) is 1. The Hall–Kier alpha value is -1.11. The number of allylic oxidation sites excluding steroid dienone is 3. The molecule has 0 fully saturated rings. The summed E-state index contributed by atoms with van der Waals surface area (Å²) in [5, 5.41) is 0. The Balaban J connectivity index is -0.000000147. The normalized spacial score (nSPS) is 8.57. The Kier molecular flexibility index (Phi) is 39.5. The highest BCUT2D eigenvalue weighted by Gasteiger charge is 1.57. The summed E-state index contributed by atoms with van der Waals surface area (Å²) < 4.78 is 0. The summed E-state index contributed by atoms with van der Waals surface area (Å²) in [7, 11) is 0. The zero-order valence-corrected chi connectivity index (χ0v) is 10.2. The van der Waals surface area contributed by atoms with Crippen molar-refractivity contribution in [1.82, 2.24) is 0 Å². The monoisotopic (exact) mass is 195 g/mol. The Labute approximate surface area is 90.0 Å². The molecule has 0 N–H and O–H groups in total. The third kappa shape index (κ3) is 44.5. The molecule has 0 amide bonds. The molecule has 82 valence electrons. The summed E-state index contributed by atoms with van der Waals surface area (Å²) >= 11 is 0. The van der Waals surface area contributed by atoms with E-state index in [0.717, 1.165) is 13.0 Å². The Bertz CT molecular complexity index is 125. The zero-order valence-electron chi connectivity index (χ0n) is 10.2. The quantitative estimate of drug-likeness (QED) is 0.465. The summed E-state index contributed by atoms with van der Waals surface area (Å²) in [6.07, 6.45) is 10.5. The summed E-state index contributed by atoms with van der Waals surface area (Å²) in [6.45, 7) is 15.7. The van der Waals surface area contributed by atoms with Gasteiger partial charge in [-0.2, -0.15) is 0 Å². The first-order valence-corrected chi connectivity index (χ1v) is 5.10. The fraction of sp³-hybridized carbons (Fsp3) is 0.462. The third-order valence-corrected chi connectivity index (χ3v) is 0.956. The van der Waals surface area contributed by atoms with Crippen LogP contribution >= 0.6 is 0 Å². The van der Waals surface area contributed by atoms with Crippen LogP contribution in [-0.4, -0.2) is 12.8 Å². The van der Waals surface area contributed by atoms with Gasteiger partial charge in [0.25, 0.3) is 0 Å². The van der Waals surface area contributed by atoms with Crippen LogP contribution in [-0.2, 0) is 0 Å². The molecular weight excluding hydrogens is 170 g/mol. The number of hydrogen-bond donors (Lipinski definition) is 0. The van der Waals surface area contributed by atoms with Gasteiger partial charge in [0.2, 0.25) is 0 Å². The second-order valence-corrected chi connectivity index (χ2v) is 2.01. The van der Waals surface area contributed by atoms with Crippen LogP contribution in [0.4, 0.5) is 0 Å². The third-order valence-electron chi connectivity index (χ3n) is 0.956. The van der Waals surface area contributed by atoms with Crippen molar-refractivity contribution in [3.05, 3.63) is 37.5 Å². The van der Waals surface area contributed by atoms with Crippen LogP contribution in [0.25, 0.3) is 0 Å². The van der Waals surface area contributed by atoms with Crippen LogP contribution in [0.5, 0.6) is 0 Å². The molecule has 0 aliphatic heterocycles. The number of aliphatic imine (C=N–C) groups is 1. The van der Waals surface area contributed by atoms with E-state index in [4.69, 9.17) is 0 Å². The molecule has 0 aliphatic rings. The van der Waals surface area contributed by atoms with Gasteiger partial charge in [0.05, 0.1) is 6.54 Å². The highest BCUT2D eigenvalue weighted by atomic mass is 14.7. The number of rotatable bonds is 4. The van der Waals surface area contributed by atoms with E-state index in [1.165, 1.54) is 0 Å². The lowest BCUT2D eigenvalue weighted by Gasteiger charge is -1.72. The Morgan fingerprint density at radius 3 is 1.79 bits per heavy atom. The molecule has 0 bridgehead atoms. The van der Waals surface area contributed by atoms with Gasteiger partial charge in [0.1, 0.15) is 0 Å². The average molecular weight is 195 g/mol. The topological polar surface area (TPSA) is 12.4 Å². The van der Waals surface area contributed by atoms with Crippen molar-refractivity contribution >= 4 is 6.21 Å². The summed E-state index contributed by atoms with van der Waals surface area (Å²) in [5.74, 6) is 0. The van der Waals surface area contributed by atoms with Crippen LogP contribution in [0.2, 0.25) is 0 Å². The smallest absolute Gasteiger partial charge is 0.0563 e. The van der Waals surface area contributed by atoms with Gasteiger partial charge in [0.15, 0.2) is 0 Å². The second-order valence-electron chi connectivity index (χ2n) is 2.01. The van der Waals surface area contributed by atoms with Crippen molar-refractivity contribution in [2.24, 2.45) is 4.99 Å². The van der Waals surface area contributed by atoms with Gasteiger partial charge in [-0.3, -0.25) is 4.99 Å². The minimum atomic E-state index is 0.747. The van der Waals surface area contributed by atoms with E-state index in [1.54, 1.807) is 12.3 Å². The fourth-order valence-corrected chi connectivity index (χ4v) is 0.412. The molecule has 0 heterocycles. The van der Waals surface area contributed by atoms with Gasteiger partial charge in [0, 0.05) is 0 Å². The van der Waals surface area contributed by atoms with Crippen molar-refractivity contribution in [1.29, 1.82) is 0 Å². The minimum Gasteiger partial charge on any atom is -0.294 e. The van der Waals surface area contributed by atoms with Crippen molar-refractivity contribution in [3.63, 3.8) is 0 Å². The lowest BCUT2D eigenvalue weighted by Crippen LogP contribution is -1.66. The van der Waals surface area contributed by atoms with Crippen molar-refractivity contribution in [3.8, 4) is 0 Å². The van der Waals surface area contributed by atoms with Gasteiger partial charge in [-0.1, -0.05) is 38.2 Å². The van der Waals surface area contributed by atoms with Gasteiger partial charge < -0.3 is 0 Å². The minimum absolute atomic E-state index is 0.747. The van der Waals surface area contributed by atoms with Crippen molar-refractivity contribution in [2.45, 2.75) is 34.1 Å². The average Bonchev–Trinajstić information content (AvgIpc) is 2.27. The van der Waals surface area contributed by atoms with Gasteiger partial charge in [-0.15, -0.1) is 13.2 Å². The van der Waals surface area contributed by atoms with Crippen molar-refractivity contribution in [2.75, 3.05) is 6.54 Å². The predicted molar refractivity (Wildman–Crippen MR) is 70.2 cm³/mol. The maximum Gasteiger partial charge on any atom is 0.0563 e. The second kappa shape index (κ2) is 29.7. The molecule has 0 aromatic carbocycles. The fourth-order valence-electron chi connectivity index (χ4n) is 0.412. The molecular formula is C13H25N. The molecule has 0 radical (unpaired) electrons. The summed E-state index contributed by atoms with van der Waals surface area (Å²) in [6, 6.07) is 0. The molecule has 0 aromatic heterocycles. The largest absolute Gasteiger partial charge is 0.294 e. The predicted octanol–water partition coefficient (Wildman–Crippen LogP) is 4.43. The van der Waals surface area contributed by atoms with E-state index >= 15 is 0 Å². The molecule has 14 heavy (non-hydrogen) atoms. The van der Waals surface area contributed by atoms with Crippen LogP contribution in [0.1, 0.15) is 34.1 Å². The van der Waals surface area contributed by atoms with E-state index < -0.39 is 0 Å². The molecule has 0 rings (SSSR count). The van der Waals surface area contributed by atoms with Crippen LogP contribution in [0.3, 0.4) is 0 Å². The van der Waals surface area contributed by atoms with Crippen LogP contribution in [0.15, 0.2) is 42.5 Å². The van der Waals surface area contributed by atoms with Crippen LogP contribution in [0, 0.1) is 0 Å². The molecule has 0 atom stereocenters. The highest BCUT2D eigenvalue weighted by Crippen LogP contribution is 1.79. The first-order valence-electron chi connectivity index (χ1n) is 5.10. The SMILES string of the molecule is C=CC/C=C\C.C=CCN=CC.CC. The van der Waals surface area contributed by atoms with E-state index in [2.05, 4.69) is 24.2 Å². The van der Waals surface area contributed by atoms with Crippen LogP contribution < -0.4 is 0 Å². The molecule has 0 aromatic rings. The van der Waals surface area contributed by atoms with E-state index in [9.17, 15) is 0 Å². The first-order chi connectivity index (χ1) is 6.83. The van der Waals surface area contributed by atoms with Gasteiger partial charge in [-0.25, -0.2) is 0 Å². The van der Waals surface area contributed by atoms with Gasteiger partial charge >= 0.3 is 0 Å². The number of hydrogen-bond acceptors (Lipinski definition) is 1. The standard InChI is InChI=1S/C6H10.C5H9N.C2H6/c2*1-3-5-6-4-2;1-2/h3-4,6H,1,5H2,2H3;3-4H,1,5H2,2H3;1-2H3/b6-4-;;. The lowest BCUT2D eigenvalue weighted by molar-refractivity contribution is 1.26. The van der Waals surface area contributed by atoms with E-state index in [1.807, 2.05) is 39.8 Å². The Morgan fingerprint density at radius 2 is 1.64 bits per heavy atom. The molecule has 0 unspecified atom stereocenters. The van der Waals surface area contributed by atoms with E-state index in [0.29, 0.717) is 0 Å². The summed E-state index contributed by atoms with van der Waals surface area (Å²) in [4.78, 5) is 3.85.